The van der Waals surface area contributed by atoms with E-state index in [-0.39, 0.29) is 31.1 Å². The number of nitrogens with two attached hydrogens (primary N) is 9. The molecule has 0 aromatic heterocycles. The van der Waals surface area contributed by atoms with Crippen molar-refractivity contribution in [2.75, 3.05) is 26.3 Å². The Morgan fingerprint density at radius 1 is 0.491 bits per heavy atom. The molecule has 0 rings (SSSR count). The summed E-state index contributed by atoms with van der Waals surface area (Å²) < 4.78 is 0. The molecule has 53 heavy (non-hydrogen) atoms. The van der Waals surface area contributed by atoms with Crippen molar-refractivity contribution >= 4 is 41.8 Å². The van der Waals surface area contributed by atoms with Crippen molar-refractivity contribution in [2.45, 2.75) is 115 Å². The predicted molar refractivity (Wildman–Crippen MR) is 199 cm³/mol. The molecule has 0 aliphatic heterocycles. The van der Waals surface area contributed by atoms with E-state index in [2.05, 4.69) is 9.98 Å². The van der Waals surface area contributed by atoms with E-state index in [9.17, 15) is 24.0 Å². The van der Waals surface area contributed by atoms with Crippen LogP contribution in [0.5, 0.6) is 0 Å². The van der Waals surface area contributed by atoms with Gasteiger partial charge in [-0.2, -0.15) is 0 Å². The zero-order valence-corrected chi connectivity index (χ0v) is 30.8. The molecule has 0 fully saturated rings. The van der Waals surface area contributed by atoms with Crippen LogP contribution in [0.4, 0.5) is 0 Å². The molecule has 0 bridgehead atoms. The van der Waals surface area contributed by atoms with Crippen LogP contribution in [-0.2, 0) is 24.0 Å². The largest absolute Gasteiger partial charge is 0.480 e. The number of unbranched alkanes of at least 4 members (excludes halogenated alkanes) is 2. The molecule has 0 radical (unpaired) electrons. The number of aliphatic imine (C=N–C) groups is 2. The Morgan fingerprint density at radius 3 is 1.02 bits per heavy atom. The molecular weight excluding hydrogens is 706 g/mol. The topological polar surface area (TPSA) is 486 Å². The lowest BCUT2D eigenvalue weighted by atomic mass is 10.0. The molecule has 0 amide bonds. The molecule has 1 unspecified atom stereocenters. The third-order valence-corrected chi connectivity index (χ3v) is 6.59. The summed E-state index contributed by atoms with van der Waals surface area (Å²) in [6.45, 7) is 4.77. The molecule has 314 valence electrons. The van der Waals surface area contributed by atoms with Gasteiger partial charge < -0.3 is 87.3 Å². The summed E-state index contributed by atoms with van der Waals surface area (Å²) in [6, 6.07) is -3.90. The van der Waals surface area contributed by atoms with Gasteiger partial charge in [-0.3, -0.25) is 34.0 Å². The van der Waals surface area contributed by atoms with Gasteiger partial charge in [0, 0.05) is 26.3 Å². The van der Waals surface area contributed by atoms with Gasteiger partial charge in [0.25, 0.3) is 0 Å². The second-order valence-corrected chi connectivity index (χ2v) is 11.4. The first-order valence-corrected chi connectivity index (χ1v) is 16.8. The Labute approximate surface area is 310 Å². The minimum atomic E-state index is -1.01. The maximum absolute atomic E-state index is 10.2. The van der Waals surface area contributed by atoms with E-state index in [1.54, 1.807) is 0 Å². The molecule has 6 atom stereocenters. The number of aliphatic hydroxyl groups excluding tert-OH is 2. The number of carboxylic acid groups (broad SMARTS) is 5. The lowest BCUT2D eigenvalue weighted by Crippen LogP contribution is -2.36. The van der Waals surface area contributed by atoms with Crippen LogP contribution in [0.3, 0.4) is 0 Å². The maximum atomic E-state index is 10.2. The third-order valence-electron chi connectivity index (χ3n) is 6.59. The fourth-order valence-electron chi connectivity index (χ4n) is 2.99. The van der Waals surface area contributed by atoms with Gasteiger partial charge in [-0.15, -0.1) is 0 Å². The summed E-state index contributed by atoms with van der Waals surface area (Å²) in [5, 5.41) is 58.3. The van der Waals surface area contributed by atoms with E-state index >= 15 is 0 Å². The lowest BCUT2D eigenvalue weighted by Gasteiger charge is -2.11. The highest BCUT2D eigenvalue weighted by molar-refractivity contribution is 5.76. The van der Waals surface area contributed by atoms with E-state index < -0.39 is 60.1 Å². The Hall–Kier alpha value is -4.39. The second kappa shape index (κ2) is 38.8. The Balaban J connectivity index is -0.000000182. The molecule has 0 saturated carbocycles. The molecular formula is C30H67N11O12. The number of hydrogen-bond acceptors (Lipinski definition) is 14. The minimum Gasteiger partial charge on any atom is -0.480 e. The molecule has 0 aromatic carbocycles. The normalized spacial score (nSPS) is 13.2. The van der Waals surface area contributed by atoms with Crippen molar-refractivity contribution in [1.29, 1.82) is 0 Å². The molecule has 0 aromatic rings. The van der Waals surface area contributed by atoms with Crippen molar-refractivity contribution in [3.8, 4) is 0 Å². The van der Waals surface area contributed by atoms with Crippen molar-refractivity contribution in [3.63, 3.8) is 0 Å². The van der Waals surface area contributed by atoms with Gasteiger partial charge in [-0.25, -0.2) is 0 Å². The summed E-state index contributed by atoms with van der Waals surface area (Å²) in [5.41, 5.74) is 46.2. The lowest BCUT2D eigenvalue weighted by molar-refractivity contribution is -0.140. The van der Waals surface area contributed by atoms with Crippen LogP contribution in [0.1, 0.15) is 84.5 Å². The molecule has 0 spiro atoms. The van der Waals surface area contributed by atoms with E-state index in [1.165, 1.54) is 0 Å². The minimum absolute atomic E-state index is 0.000972. The van der Waals surface area contributed by atoms with Crippen molar-refractivity contribution in [3.05, 3.63) is 0 Å². The highest BCUT2D eigenvalue weighted by atomic mass is 16.4. The molecule has 0 heterocycles. The average Bonchev–Trinajstić information content (AvgIpc) is 3.08. The zero-order valence-electron chi connectivity index (χ0n) is 30.8. The van der Waals surface area contributed by atoms with E-state index in [0.29, 0.717) is 58.0 Å². The second-order valence-electron chi connectivity index (χ2n) is 11.4. The summed E-state index contributed by atoms with van der Waals surface area (Å²) >= 11 is 0. The first-order chi connectivity index (χ1) is 24.5. The van der Waals surface area contributed by atoms with Gasteiger partial charge in [0.05, 0.1) is 0 Å². The van der Waals surface area contributed by atoms with Gasteiger partial charge in [-0.05, 0) is 57.3 Å². The molecule has 23 heteroatoms. The van der Waals surface area contributed by atoms with E-state index in [4.69, 9.17) is 87.3 Å². The van der Waals surface area contributed by atoms with Gasteiger partial charge >= 0.3 is 29.8 Å². The van der Waals surface area contributed by atoms with Crippen LogP contribution >= 0.6 is 0 Å². The number of guanidine groups is 2. The molecule has 0 aliphatic rings. The predicted octanol–water partition coefficient (Wildman–Crippen LogP) is -3.53. The first-order valence-electron chi connectivity index (χ1n) is 16.8. The van der Waals surface area contributed by atoms with Gasteiger partial charge in [0.15, 0.2) is 11.9 Å². The summed E-state index contributed by atoms with van der Waals surface area (Å²) in [7, 11) is 0. The van der Waals surface area contributed by atoms with Crippen LogP contribution < -0.4 is 51.6 Å². The van der Waals surface area contributed by atoms with Crippen molar-refractivity contribution < 1.29 is 59.7 Å². The number of hydrogen-bond donors (Lipinski definition) is 16. The molecule has 0 aliphatic carbocycles. The van der Waals surface area contributed by atoms with Crippen LogP contribution in [0, 0.1) is 5.92 Å². The van der Waals surface area contributed by atoms with Crippen molar-refractivity contribution in [2.24, 2.45) is 67.5 Å². The number of carbonyl (C=O) groups is 5. The maximum Gasteiger partial charge on any atom is 0.320 e. The Morgan fingerprint density at radius 2 is 0.792 bits per heavy atom. The van der Waals surface area contributed by atoms with Crippen LogP contribution in [0.2, 0.25) is 0 Å². The molecule has 0 saturated heterocycles. The number of aliphatic carboxylic acids is 5. The molecule has 25 N–H and O–H groups in total. The fourth-order valence-corrected chi connectivity index (χ4v) is 2.99. The SMILES string of the molecule is CC[C@H](C)[C@H](N)C(=O)O.NC(CCCCCO)C(=O)O.NC(N)=NCCC[C@@H](N)C(=O)O.NC(N)=NCCC[C@H](N)C(=O)O.N[C@@H](CCCO)C(=O)O. The number of carboxylic acids is 5. The Kier molecular flexibility index (Phi) is 42.4. The zero-order chi connectivity index (χ0) is 42.5. The quantitative estimate of drug-likeness (QED) is 0.0272. The number of aliphatic hydroxyl groups is 2. The van der Waals surface area contributed by atoms with Crippen LogP contribution in [0.25, 0.3) is 0 Å². The van der Waals surface area contributed by atoms with E-state index in [0.717, 1.165) is 25.7 Å². The summed E-state index contributed by atoms with van der Waals surface area (Å²) in [6.07, 6.45) is 6.36. The Bertz CT molecular complexity index is 991. The van der Waals surface area contributed by atoms with Gasteiger partial charge in [-0.1, -0.05) is 33.1 Å². The number of rotatable bonds is 23. The smallest absolute Gasteiger partial charge is 0.320 e. The van der Waals surface area contributed by atoms with Crippen molar-refractivity contribution in [1.82, 2.24) is 0 Å². The monoisotopic (exact) mass is 773 g/mol. The van der Waals surface area contributed by atoms with Gasteiger partial charge in [0.2, 0.25) is 0 Å². The summed E-state index contributed by atoms with van der Waals surface area (Å²) in [5.74, 6) is -4.78. The molecule has 23 nitrogen and oxygen atoms in total. The van der Waals surface area contributed by atoms with Crippen LogP contribution in [0.15, 0.2) is 9.98 Å². The number of nitrogens with zero attached hydrogens (tertiary/aromatic N) is 2. The average molecular weight is 774 g/mol. The highest BCUT2D eigenvalue weighted by Crippen LogP contribution is 2.04. The summed E-state index contributed by atoms with van der Waals surface area (Å²) in [4.78, 5) is 58.2. The van der Waals surface area contributed by atoms with Crippen LogP contribution in [-0.4, -0.2) is 134 Å². The third kappa shape index (κ3) is 47.6. The fraction of sp³-hybridized carbons (Fsp3) is 0.767. The van der Waals surface area contributed by atoms with E-state index in [1.807, 2.05) is 13.8 Å². The first kappa shape index (κ1) is 57.9. The van der Waals surface area contributed by atoms with Gasteiger partial charge in [0.1, 0.15) is 30.2 Å². The standard InChI is InChI=1S/C7H15NO3.2C6H14N4O2.C6H13NO2.C5H11NO3/c8-6(7(10)11)4-2-1-3-5-9;2*7-4(5(11)12)2-1-3-10-6(8)9;1-3-4(2)5(7)6(8)9;6-4(5(8)9)2-1-3-7/h6,9H,1-5,8H2,(H,10,11);2*4H,1-3,7H2,(H,11,12)(H4,8,9,10);4-5H,3,7H2,1-2H3,(H,8,9);4,7H,1-3,6H2,(H,8,9)/t;2*4-;4-,5-;4-/m.1000/s1. The highest BCUT2D eigenvalue weighted by Gasteiger charge is 2.17.